The molecule has 2 rings (SSSR count). The molecule has 7 heteroatoms. The summed E-state index contributed by atoms with van der Waals surface area (Å²) in [5.41, 5.74) is -0.577. The van der Waals surface area contributed by atoms with Crippen LogP contribution in [0.5, 0.6) is 5.75 Å². The maximum Gasteiger partial charge on any atom is 0.410 e. The van der Waals surface area contributed by atoms with Crippen LogP contribution in [0.15, 0.2) is 29.2 Å². The molecule has 0 aromatic heterocycles. The number of carboxylic acids is 1. The number of carbonyl (C=O) groups excluding carboxylic acids is 1. The van der Waals surface area contributed by atoms with Gasteiger partial charge in [-0.05, 0) is 45.0 Å². The summed E-state index contributed by atoms with van der Waals surface area (Å²) in [6.07, 6.45) is -0.470. The lowest BCUT2D eigenvalue weighted by Crippen LogP contribution is -2.62. The molecule has 23 heavy (non-hydrogen) atoms. The maximum atomic E-state index is 12.0. The molecule has 0 atom stereocenters. The van der Waals surface area contributed by atoms with Gasteiger partial charge in [-0.1, -0.05) is 0 Å². The number of phenolic OH excluding ortho intramolecular Hbond substituents is 1. The number of aromatic hydroxyl groups is 1. The van der Waals surface area contributed by atoms with E-state index in [1.165, 1.54) is 16.7 Å². The van der Waals surface area contributed by atoms with Gasteiger partial charge in [-0.3, -0.25) is 4.79 Å². The average molecular weight is 339 g/mol. The Bertz CT molecular complexity index is 587. The molecule has 1 aliphatic rings. The minimum Gasteiger partial charge on any atom is -0.508 e. The summed E-state index contributed by atoms with van der Waals surface area (Å²) in [4.78, 5) is 25.6. The number of hydrogen-bond acceptors (Lipinski definition) is 5. The molecule has 2 N–H and O–H groups in total. The molecule has 6 nitrogen and oxygen atoms in total. The summed E-state index contributed by atoms with van der Waals surface area (Å²) in [5.74, 6) is -0.745. The molecule has 1 heterocycles. The van der Waals surface area contributed by atoms with Crippen molar-refractivity contribution in [2.24, 2.45) is 0 Å². The second-order valence-corrected chi connectivity index (χ2v) is 8.23. The van der Waals surface area contributed by atoms with Gasteiger partial charge in [0.2, 0.25) is 0 Å². The van der Waals surface area contributed by atoms with E-state index in [2.05, 4.69) is 0 Å². The van der Waals surface area contributed by atoms with Crippen molar-refractivity contribution >= 4 is 23.8 Å². The number of carbonyl (C=O) groups is 2. The van der Waals surface area contributed by atoms with E-state index in [4.69, 9.17) is 9.84 Å². The number of thioether (sulfide) groups is 1. The van der Waals surface area contributed by atoms with Gasteiger partial charge in [0.15, 0.2) is 0 Å². The number of ether oxygens (including phenoxy) is 1. The van der Waals surface area contributed by atoms with E-state index in [-0.39, 0.29) is 12.2 Å². The van der Waals surface area contributed by atoms with E-state index in [1.807, 2.05) is 0 Å². The zero-order chi connectivity index (χ0) is 17.3. The van der Waals surface area contributed by atoms with Gasteiger partial charge >= 0.3 is 12.1 Å². The normalized spacial score (nSPS) is 16.6. The fraction of sp³-hybridized carbons (Fsp3) is 0.500. The third-order valence-corrected chi connectivity index (χ3v) is 4.60. The summed E-state index contributed by atoms with van der Waals surface area (Å²) in [6.45, 7) is 6.01. The van der Waals surface area contributed by atoms with Crippen LogP contribution in [0.2, 0.25) is 0 Å². The number of likely N-dealkylation sites (tertiary alicyclic amines) is 1. The predicted octanol–water partition coefficient (Wildman–Crippen LogP) is 2.95. The summed E-state index contributed by atoms with van der Waals surface area (Å²) >= 11 is 1.41. The monoisotopic (exact) mass is 339 g/mol. The van der Waals surface area contributed by atoms with Crippen molar-refractivity contribution in [1.82, 2.24) is 4.90 Å². The van der Waals surface area contributed by atoms with E-state index in [0.29, 0.717) is 13.1 Å². The summed E-state index contributed by atoms with van der Waals surface area (Å²) in [6, 6.07) is 6.58. The van der Waals surface area contributed by atoms with Crippen molar-refractivity contribution in [1.29, 1.82) is 0 Å². The fourth-order valence-electron chi connectivity index (χ4n) is 2.36. The highest BCUT2D eigenvalue weighted by atomic mass is 32.2. The van der Waals surface area contributed by atoms with Crippen LogP contribution in [0.25, 0.3) is 0 Å². The number of benzene rings is 1. The van der Waals surface area contributed by atoms with Crippen LogP contribution in [0, 0.1) is 0 Å². The van der Waals surface area contributed by atoms with Gasteiger partial charge < -0.3 is 19.8 Å². The molecule has 0 radical (unpaired) electrons. The van der Waals surface area contributed by atoms with Gasteiger partial charge in [-0.2, -0.15) is 0 Å². The molecule has 1 fully saturated rings. The van der Waals surface area contributed by atoms with Crippen molar-refractivity contribution < 1.29 is 24.5 Å². The second kappa shape index (κ2) is 6.31. The van der Waals surface area contributed by atoms with Crippen molar-refractivity contribution in [2.75, 3.05) is 13.1 Å². The summed E-state index contributed by atoms with van der Waals surface area (Å²) < 4.78 is 4.73. The Hall–Kier alpha value is -1.89. The molecule has 0 spiro atoms. The first kappa shape index (κ1) is 17.5. The first-order chi connectivity index (χ1) is 10.6. The molecule has 1 saturated heterocycles. The first-order valence-corrected chi connectivity index (χ1v) is 8.08. The molecule has 1 aromatic rings. The second-order valence-electron chi connectivity index (χ2n) is 6.69. The fourth-order valence-corrected chi connectivity index (χ4v) is 3.77. The highest BCUT2D eigenvalue weighted by molar-refractivity contribution is 8.00. The van der Waals surface area contributed by atoms with Crippen molar-refractivity contribution in [3.05, 3.63) is 24.3 Å². The molecule has 0 aliphatic carbocycles. The number of nitrogens with zero attached hydrogens (tertiary/aromatic N) is 1. The van der Waals surface area contributed by atoms with Crippen LogP contribution >= 0.6 is 11.8 Å². The van der Waals surface area contributed by atoms with Crippen LogP contribution in [-0.2, 0) is 9.53 Å². The molecule has 0 saturated carbocycles. The largest absolute Gasteiger partial charge is 0.508 e. The molecular formula is C16H21NO5S. The number of aliphatic carboxylic acids is 1. The Morgan fingerprint density at radius 3 is 2.30 bits per heavy atom. The van der Waals surface area contributed by atoms with E-state index in [0.717, 1.165) is 4.90 Å². The van der Waals surface area contributed by atoms with E-state index in [1.54, 1.807) is 45.0 Å². The van der Waals surface area contributed by atoms with E-state index < -0.39 is 22.4 Å². The smallest absolute Gasteiger partial charge is 0.410 e. The van der Waals surface area contributed by atoms with E-state index in [9.17, 15) is 14.7 Å². The van der Waals surface area contributed by atoms with Crippen molar-refractivity contribution in [2.45, 2.75) is 42.4 Å². The average Bonchev–Trinajstić information content (AvgIpc) is 2.35. The third-order valence-electron chi connectivity index (χ3n) is 3.25. The van der Waals surface area contributed by atoms with Crippen LogP contribution in [-0.4, -0.2) is 50.6 Å². The molecule has 1 aromatic carbocycles. The molecule has 126 valence electrons. The van der Waals surface area contributed by atoms with Gasteiger partial charge in [0.05, 0.1) is 11.2 Å². The van der Waals surface area contributed by atoms with Gasteiger partial charge in [0.1, 0.15) is 11.4 Å². The zero-order valence-corrected chi connectivity index (χ0v) is 14.2. The zero-order valence-electron chi connectivity index (χ0n) is 13.4. The van der Waals surface area contributed by atoms with Crippen molar-refractivity contribution in [3.63, 3.8) is 0 Å². The Kier molecular flexibility index (Phi) is 4.79. The number of hydrogen-bond donors (Lipinski definition) is 2. The quantitative estimate of drug-likeness (QED) is 0.877. The van der Waals surface area contributed by atoms with Gasteiger partial charge in [-0.25, -0.2) is 4.79 Å². The number of amides is 1. The van der Waals surface area contributed by atoms with Gasteiger partial charge in [-0.15, -0.1) is 11.8 Å². The first-order valence-electron chi connectivity index (χ1n) is 7.26. The van der Waals surface area contributed by atoms with Crippen LogP contribution in [0.1, 0.15) is 27.2 Å². The predicted molar refractivity (Wildman–Crippen MR) is 86.8 cm³/mol. The SMILES string of the molecule is CC(C)(C)OC(=O)N1CC(CC(=O)O)(Sc2ccc(O)cc2)C1. The van der Waals surface area contributed by atoms with E-state index >= 15 is 0 Å². The summed E-state index contributed by atoms with van der Waals surface area (Å²) in [7, 11) is 0. The third kappa shape index (κ3) is 4.79. The van der Waals surface area contributed by atoms with Crippen molar-refractivity contribution in [3.8, 4) is 5.75 Å². The summed E-state index contributed by atoms with van der Waals surface area (Å²) in [5, 5.41) is 18.5. The highest BCUT2D eigenvalue weighted by Gasteiger charge is 2.48. The maximum absolute atomic E-state index is 12.0. The number of carboxylic acid groups (broad SMARTS) is 1. The highest BCUT2D eigenvalue weighted by Crippen LogP contribution is 2.43. The molecule has 0 bridgehead atoms. The molecular weight excluding hydrogens is 318 g/mol. The van der Waals surface area contributed by atoms with Crippen LogP contribution in [0.3, 0.4) is 0 Å². The van der Waals surface area contributed by atoms with Crippen LogP contribution in [0.4, 0.5) is 4.79 Å². The number of phenols is 1. The Balaban J connectivity index is 2.04. The Labute approximate surface area is 139 Å². The van der Waals surface area contributed by atoms with Gasteiger partial charge in [0.25, 0.3) is 0 Å². The Morgan fingerprint density at radius 1 is 1.26 bits per heavy atom. The molecule has 1 amide bonds. The number of rotatable bonds is 4. The molecule has 1 aliphatic heterocycles. The Morgan fingerprint density at radius 2 is 1.83 bits per heavy atom. The topological polar surface area (TPSA) is 87.1 Å². The lowest BCUT2D eigenvalue weighted by atomic mass is 9.95. The minimum atomic E-state index is -0.903. The molecule has 0 unspecified atom stereocenters. The lowest BCUT2D eigenvalue weighted by molar-refractivity contribution is -0.138. The van der Waals surface area contributed by atoms with Crippen LogP contribution < -0.4 is 0 Å². The van der Waals surface area contributed by atoms with Gasteiger partial charge in [0, 0.05) is 18.0 Å². The minimum absolute atomic E-state index is 0.0438. The lowest BCUT2D eigenvalue weighted by Gasteiger charge is -2.48. The standard InChI is InChI=1S/C16H21NO5S/c1-15(2,3)22-14(21)17-9-16(10-17,8-13(19)20)23-12-6-4-11(18)5-7-12/h4-7,18H,8-10H2,1-3H3,(H,19,20).